The van der Waals surface area contributed by atoms with E-state index in [0.29, 0.717) is 23.5 Å². The highest BCUT2D eigenvalue weighted by Crippen LogP contribution is 2.28. The van der Waals surface area contributed by atoms with E-state index in [1.54, 1.807) is 7.11 Å². The minimum absolute atomic E-state index is 0.496. The van der Waals surface area contributed by atoms with Gasteiger partial charge in [-0.25, -0.2) is 0 Å². The first-order valence-electron chi connectivity index (χ1n) is 5.77. The molecule has 1 heterocycles. The van der Waals surface area contributed by atoms with E-state index >= 15 is 0 Å². The summed E-state index contributed by atoms with van der Waals surface area (Å²) < 4.78 is 5.10. The number of aromatic nitrogens is 1. The van der Waals surface area contributed by atoms with Gasteiger partial charge in [0.1, 0.15) is 5.82 Å². The van der Waals surface area contributed by atoms with Crippen LogP contribution in [0.15, 0.2) is 12.1 Å². The smallest absolute Gasteiger partial charge is 0.238 e. The Balaban J connectivity index is 2.09. The summed E-state index contributed by atoms with van der Waals surface area (Å²) in [5, 5.41) is 3.45. The average Bonchev–Trinajstić information content (AvgIpc) is 2.67. The molecule has 3 N–H and O–H groups in total. The zero-order valence-electron chi connectivity index (χ0n) is 9.86. The number of nitrogens with zero attached hydrogens (tertiary/aromatic N) is 1. The molecule has 2 rings (SSSR count). The molecule has 16 heavy (non-hydrogen) atoms. The van der Waals surface area contributed by atoms with Gasteiger partial charge < -0.3 is 15.8 Å². The Labute approximate surface area is 96.2 Å². The topological polar surface area (TPSA) is 60.2 Å². The highest BCUT2D eigenvalue weighted by atomic mass is 16.5. The van der Waals surface area contributed by atoms with Gasteiger partial charge >= 0.3 is 0 Å². The monoisotopic (exact) mass is 221 g/mol. The second-order valence-corrected chi connectivity index (χ2v) is 4.45. The number of methoxy groups -OCH3 is 1. The van der Waals surface area contributed by atoms with E-state index in [2.05, 4.69) is 17.2 Å². The molecule has 0 radical (unpaired) electrons. The summed E-state index contributed by atoms with van der Waals surface area (Å²) in [4.78, 5) is 4.33. The maximum atomic E-state index is 5.72. The molecular formula is C12H19N3O. The first kappa shape index (κ1) is 11.0. The summed E-state index contributed by atoms with van der Waals surface area (Å²) in [6, 6.07) is 4.26. The number of nitrogen functional groups attached to an aromatic ring is 1. The van der Waals surface area contributed by atoms with Gasteiger partial charge in [0.25, 0.3) is 0 Å². The predicted molar refractivity (Wildman–Crippen MR) is 65.6 cm³/mol. The number of hydrogen-bond donors (Lipinski definition) is 2. The van der Waals surface area contributed by atoms with Crippen LogP contribution >= 0.6 is 0 Å². The van der Waals surface area contributed by atoms with Gasteiger partial charge in [-0.1, -0.05) is 13.3 Å². The van der Waals surface area contributed by atoms with Gasteiger partial charge in [-0.15, -0.1) is 0 Å². The zero-order valence-corrected chi connectivity index (χ0v) is 9.86. The second kappa shape index (κ2) is 4.60. The summed E-state index contributed by atoms with van der Waals surface area (Å²) in [6.07, 6.45) is 3.81. The third-order valence-corrected chi connectivity index (χ3v) is 3.28. The van der Waals surface area contributed by atoms with Crippen molar-refractivity contribution < 1.29 is 4.74 Å². The van der Waals surface area contributed by atoms with E-state index in [-0.39, 0.29) is 0 Å². The molecule has 1 aromatic heterocycles. The lowest BCUT2D eigenvalue weighted by Crippen LogP contribution is -2.22. The Morgan fingerprint density at radius 1 is 1.44 bits per heavy atom. The molecule has 1 aliphatic rings. The van der Waals surface area contributed by atoms with Crippen molar-refractivity contribution in [1.29, 1.82) is 0 Å². The second-order valence-electron chi connectivity index (χ2n) is 4.45. The third-order valence-electron chi connectivity index (χ3n) is 3.28. The molecule has 0 bridgehead atoms. The summed E-state index contributed by atoms with van der Waals surface area (Å²) in [7, 11) is 1.58. The standard InChI is InChI=1S/C12H19N3O/c1-8-4-3-5-10(8)14-11-7-6-9(13)12(15-11)16-2/h6-8,10H,3-5,13H2,1-2H3,(H,14,15). The number of rotatable bonds is 3. The van der Waals surface area contributed by atoms with Gasteiger partial charge in [0.2, 0.25) is 5.88 Å². The fraction of sp³-hybridized carbons (Fsp3) is 0.583. The Morgan fingerprint density at radius 3 is 2.88 bits per heavy atom. The highest BCUT2D eigenvalue weighted by Gasteiger charge is 2.23. The summed E-state index contributed by atoms with van der Waals surface area (Å²) in [5.41, 5.74) is 6.30. The number of anilines is 2. The van der Waals surface area contributed by atoms with Crippen molar-refractivity contribution in [1.82, 2.24) is 4.98 Å². The molecule has 1 aliphatic carbocycles. The molecule has 0 saturated heterocycles. The molecule has 0 amide bonds. The number of nitrogens with one attached hydrogen (secondary N) is 1. The van der Waals surface area contributed by atoms with Crippen LogP contribution in [0.25, 0.3) is 0 Å². The van der Waals surface area contributed by atoms with Gasteiger partial charge in [-0.05, 0) is 30.9 Å². The summed E-state index contributed by atoms with van der Waals surface area (Å²) in [5.74, 6) is 2.06. The number of hydrogen-bond acceptors (Lipinski definition) is 4. The van der Waals surface area contributed by atoms with Crippen molar-refractivity contribution in [3.63, 3.8) is 0 Å². The Hall–Kier alpha value is -1.45. The van der Waals surface area contributed by atoms with Gasteiger partial charge in [-0.3, -0.25) is 0 Å². The van der Waals surface area contributed by atoms with Crippen molar-refractivity contribution in [2.75, 3.05) is 18.2 Å². The minimum Gasteiger partial charge on any atom is -0.479 e. The average molecular weight is 221 g/mol. The predicted octanol–water partition coefficient (Wildman–Crippen LogP) is 2.27. The molecule has 0 aliphatic heterocycles. The lowest BCUT2D eigenvalue weighted by Gasteiger charge is -2.18. The molecule has 1 aromatic rings. The van der Waals surface area contributed by atoms with E-state index in [4.69, 9.17) is 10.5 Å². The van der Waals surface area contributed by atoms with Crippen LogP contribution in [0.3, 0.4) is 0 Å². The van der Waals surface area contributed by atoms with Crippen LogP contribution in [-0.4, -0.2) is 18.1 Å². The van der Waals surface area contributed by atoms with E-state index < -0.39 is 0 Å². The van der Waals surface area contributed by atoms with E-state index in [9.17, 15) is 0 Å². The molecule has 88 valence electrons. The Kier molecular flexibility index (Phi) is 3.17. The zero-order chi connectivity index (χ0) is 11.5. The van der Waals surface area contributed by atoms with Gasteiger partial charge in [0.05, 0.1) is 12.8 Å². The fourth-order valence-electron chi connectivity index (χ4n) is 2.24. The Morgan fingerprint density at radius 2 is 2.25 bits per heavy atom. The number of nitrogens with two attached hydrogens (primary N) is 1. The van der Waals surface area contributed by atoms with E-state index in [0.717, 1.165) is 5.82 Å². The van der Waals surface area contributed by atoms with Crippen LogP contribution < -0.4 is 15.8 Å². The van der Waals surface area contributed by atoms with Crippen molar-refractivity contribution in [2.45, 2.75) is 32.2 Å². The molecule has 2 atom stereocenters. The molecule has 2 unspecified atom stereocenters. The lowest BCUT2D eigenvalue weighted by molar-refractivity contribution is 0.400. The van der Waals surface area contributed by atoms with Crippen molar-refractivity contribution >= 4 is 11.5 Å². The van der Waals surface area contributed by atoms with Crippen LogP contribution in [-0.2, 0) is 0 Å². The summed E-state index contributed by atoms with van der Waals surface area (Å²) >= 11 is 0. The largest absolute Gasteiger partial charge is 0.479 e. The lowest BCUT2D eigenvalue weighted by atomic mass is 10.1. The highest BCUT2D eigenvalue weighted by molar-refractivity contribution is 5.53. The first-order valence-corrected chi connectivity index (χ1v) is 5.77. The number of pyridine rings is 1. The molecule has 0 spiro atoms. The third kappa shape index (κ3) is 2.21. The van der Waals surface area contributed by atoms with Crippen molar-refractivity contribution in [2.24, 2.45) is 5.92 Å². The molecule has 0 aromatic carbocycles. The van der Waals surface area contributed by atoms with Crippen molar-refractivity contribution in [3.05, 3.63) is 12.1 Å². The SMILES string of the molecule is COc1nc(NC2CCCC2C)ccc1N. The van der Waals surface area contributed by atoms with Crippen molar-refractivity contribution in [3.8, 4) is 5.88 Å². The molecule has 1 saturated carbocycles. The molecule has 4 heteroatoms. The van der Waals surface area contributed by atoms with Gasteiger partial charge in [0.15, 0.2) is 0 Å². The maximum absolute atomic E-state index is 5.72. The minimum atomic E-state index is 0.496. The molecule has 4 nitrogen and oxygen atoms in total. The molecule has 1 fully saturated rings. The Bertz CT molecular complexity index is 367. The quantitative estimate of drug-likeness (QED) is 0.822. The van der Waals surface area contributed by atoms with Crippen LogP contribution in [0.2, 0.25) is 0 Å². The van der Waals surface area contributed by atoms with Gasteiger partial charge in [-0.2, -0.15) is 4.98 Å². The van der Waals surface area contributed by atoms with Crippen LogP contribution in [0, 0.1) is 5.92 Å². The van der Waals surface area contributed by atoms with Crippen LogP contribution in [0.4, 0.5) is 11.5 Å². The van der Waals surface area contributed by atoms with Crippen LogP contribution in [0.1, 0.15) is 26.2 Å². The fourth-order valence-corrected chi connectivity index (χ4v) is 2.24. The van der Waals surface area contributed by atoms with Gasteiger partial charge in [0, 0.05) is 6.04 Å². The normalized spacial score (nSPS) is 24.4. The maximum Gasteiger partial charge on any atom is 0.238 e. The van der Waals surface area contributed by atoms with E-state index in [1.807, 2.05) is 12.1 Å². The number of ether oxygens (including phenoxy) is 1. The van der Waals surface area contributed by atoms with E-state index in [1.165, 1.54) is 19.3 Å². The summed E-state index contributed by atoms with van der Waals surface area (Å²) in [6.45, 7) is 2.28. The first-order chi connectivity index (χ1) is 7.70. The van der Waals surface area contributed by atoms with Crippen LogP contribution in [0.5, 0.6) is 5.88 Å². The molecular weight excluding hydrogens is 202 g/mol.